The maximum Gasteiger partial charge on any atom is 0.323 e. The highest BCUT2D eigenvalue weighted by atomic mass is 32.1. The Hall–Kier alpha value is -1.10. The molecule has 0 radical (unpaired) electrons. The van der Waals surface area contributed by atoms with Gasteiger partial charge in [-0.1, -0.05) is 6.92 Å². The summed E-state index contributed by atoms with van der Waals surface area (Å²) in [7, 11) is 0. The zero-order chi connectivity index (χ0) is 9.68. The van der Waals surface area contributed by atoms with Crippen molar-refractivity contribution < 1.29 is 9.90 Å². The molecule has 0 spiro atoms. The molecule has 0 aliphatic carbocycles. The average molecular weight is 200 g/mol. The first-order valence-electron chi connectivity index (χ1n) is 4.10. The molecule has 4 nitrogen and oxygen atoms in total. The highest BCUT2D eigenvalue weighted by Gasteiger charge is 2.11. The van der Waals surface area contributed by atoms with Gasteiger partial charge in [0.15, 0.2) is 5.13 Å². The highest BCUT2D eigenvalue weighted by molar-refractivity contribution is 7.13. The summed E-state index contributed by atoms with van der Waals surface area (Å²) in [6.45, 7) is 2.78. The molecule has 0 bridgehead atoms. The van der Waals surface area contributed by atoms with Gasteiger partial charge in [-0.25, -0.2) is 4.98 Å². The molecular weight excluding hydrogens is 188 g/mol. The largest absolute Gasteiger partial charge is 0.480 e. The molecule has 5 heteroatoms. The van der Waals surface area contributed by atoms with Crippen molar-refractivity contribution in [3.05, 3.63) is 11.6 Å². The molecule has 0 atom stereocenters. The van der Waals surface area contributed by atoms with Crippen LogP contribution in [0.1, 0.15) is 13.3 Å². The van der Waals surface area contributed by atoms with Gasteiger partial charge in [0.05, 0.1) is 0 Å². The number of hydrogen-bond acceptors (Lipinski definition) is 4. The normalized spacial score (nSPS) is 9.92. The van der Waals surface area contributed by atoms with Crippen LogP contribution in [0.15, 0.2) is 11.6 Å². The Kier molecular flexibility index (Phi) is 3.70. The summed E-state index contributed by atoms with van der Waals surface area (Å²) < 4.78 is 0. The molecule has 0 saturated carbocycles. The van der Waals surface area contributed by atoms with Gasteiger partial charge in [0.2, 0.25) is 0 Å². The number of aliphatic carboxylic acids is 1. The van der Waals surface area contributed by atoms with Gasteiger partial charge in [-0.05, 0) is 6.42 Å². The Morgan fingerprint density at radius 2 is 2.54 bits per heavy atom. The number of carboxylic acid groups (broad SMARTS) is 1. The number of carboxylic acids is 1. The van der Waals surface area contributed by atoms with E-state index in [4.69, 9.17) is 5.11 Å². The van der Waals surface area contributed by atoms with Crippen molar-refractivity contribution in [2.75, 3.05) is 18.0 Å². The van der Waals surface area contributed by atoms with Gasteiger partial charge in [-0.15, -0.1) is 11.3 Å². The molecule has 0 fully saturated rings. The zero-order valence-corrected chi connectivity index (χ0v) is 8.25. The molecule has 0 aromatic carbocycles. The molecule has 1 aromatic rings. The second-order valence-electron chi connectivity index (χ2n) is 2.63. The zero-order valence-electron chi connectivity index (χ0n) is 7.43. The molecule has 0 unspecified atom stereocenters. The van der Waals surface area contributed by atoms with Gasteiger partial charge in [0.1, 0.15) is 6.54 Å². The molecule has 1 heterocycles. The molecule has 72 valence electrons. The van der Waals surface area contributed by atoms with E-state index >= 15 is 0 Å². The fourth-order valence-electron chi connectivity index (χ4n) is 1.05. The summed E-state index contributed by atoms with van der Waals surface area (Å²) in [5.41, 5.74) is 0. The first kappa shape index (κ1) is 9.98. The van der Waals surface area contributed by atoms with Crippen molar-refractivity contribution >= 4 is 22.4 Å². The molecule has 0 aliphatic rings. The van der Waals surface area contributed by atoms with Gasteiger partial charge in [-0.2, -0.15) is 0 Å². The van der Waals surface area contributed by atoms with Crippen LogP contribution < -0.4 is 4.90 Å². The Bertz CT molecular complexity index is 261. The van der Waals surface area contributed by atoms with E-state index in [9.17, 15) is 4.79 Å². The predicted molar refractivity (Wildman–Crippen MR) is 52.3 cm³/mol. The number of anilines is 1. The van der Waals surface area contributed by atoms with Gasteiger partial charge in [0.25, 0.3) is 0 Å². The maximum absolute atomic E-state index is 10.5. The summed E-state index contributed by atoms with van der Waals surface area (Å²) in [4.78, 5) is 16.4. The third-order valence-corrected chi connectivity index (χ3v) is 2.34. The van der Waals surface area contributed by atoms with Gasteiger partial charge >= 0.3 is 5.97 Å². The van der Waals surface area contributed by atoms with E-state index in [1.807, 2.05) is 12.3 Å². The minimum atomic E-state index is -0.816. The van der Waals surface area contributed by atoms with Crippen LogP contribution in [0.2, 0.25) is 0 Å². The third kappa shape index (κ3) is 3.02. The maximum atomic E-state index is 10.5. The molecule has 1 rings (SSSR count). The van der Waals surface area contributed by atoms with Crippen LogP contribution in [0.5, 0.6) is 0 Å². The van der Waals surface area contributed by atoms with Crippen molar-refractivity contribution in [1.29, 1.82) is 0 Å². The van der Waals surface area contributed by atoms with Crippen LogP contribution in [0, 0.1) is 0 Å². The van der Waals surface area contributed by atoms with E-state index in [-0.39, 0.29) is 6.54 Å². The number of aromatic nitrogens is 1. The van der Waals surface area contributed by atoms with E-state index in [0.29, 0.717) is 0 Å². The molecule has 1 N–H and O–H groups in total. The lowest BCUT2D eigenvalue weighted by Gasteiger charge is -2.17. The third-order valence-electron chi connectivity index (χ3n) is 1.51. The van der Waals surface area contributed by atoms with Crippen molar-refractivity contribution in [3.8, 4) is 0 Å². The standard InChI is InChI=1S/C8H12N2O2S/c1-2-4-10(6-7(11)12)8-9-3-5-13-8/h3,5H,2,4,6H2,1H3,(H,11,12). The minimum Gasteiger partial charge on any atom is -0.480 e. The lowest BCUT2D eigenvalue weighted by Crippen LogP contribution is -2.30. The SMILES string of the molecule is CCCN(CC(=O)O)c1nccs1. The Morgan fingerprint density at radius 1 is 1.77 bits per heavy atom. The number of rotatable bonds is 5. The smallest absolute Gasteiger partial charge is 0.323 e. The van der Waals surface area contributed by atoms with Crippen LogP contribution in [0.3, 0.4) is 0 Å². The fourth-order valence-corrected chi connectivity index (χ4v) is 1.72. The van der Waals surface area contributed by atoms with Crippen molar-refractivity contribution in [2.24, 2.45) is 0 Å². The number of carbonyl (C=O) groups is 1. The van der Waals surface area contributed by atoms with Crippen molar-refractivity contribution in [2.45, 2.75) is 13.3 Å². The summed E-state index contributed by atoms with van der Waals surface area (Å²) in [6, 6.07) is 0. The topological polar surface area (TPSA) is 53.4 Å². The van der Waals surface area contributed by atoms with Gasteiger partial charge < -0.3 is 10.0 Å². The quantitative estimate of drug-likeness (QED) is 0.781. The Morgan fingerprint density at radius 3 is 3.00 bits per heavy atom. The van der Waals surface area contributed by atoms with E-state index in [1.165, 1.54) is 11.3 Å². The molecule has 0 amide bonds. The summed E-state index contributed by atoms with van der Waals surface area (Å²) in [6.07, 6.45) is 2.61. The van der Waals surface area contributed by atoms with E-state index in [1.54, 1.807) is 11.1 Å². The Labute approximate surface area is 80.8 Å². The summed E-state index contributed by atoms with van der Waals surface area (Å²) in [5, 5.41) is 11.3. The van der Waals surface area contributed by atoms with Gasteiger partial charge in [-0.3, -0.25) is 4.79 Å². The van der Waals surface area contributed by atoms with Crippen molar-refractivity contribution in [3.63, 3.8) is 0 Å². The van der Waals surface area contributed by atoms with Crippen LogP contribution >= 0.6 is 11.3 Å². The lowest BCUT2D eigenvalue weighted by atomic mass is 10.4. The van der Waals surface area contributed by atoms with E-state index < -0.39 is 5.97 Å². The average Bonchev–Trinajstić information content (AvgIpc) is 2.54. The number of hydrogen-bond donors (Lipinski definition) is 1. The number of thiazole rings is 1. The summed E-state index contributed by atoms with van der Waals surface area (Å²) >= 11 is 1.46. The first-order valence-corrected chi connectivity index (χ1v) is 4.98. The second-order valence-corrected chi connectivity index (χ2v) is 3.50. The predicted octanol–water partition coefficient (Wildman–Crippen LogP) is 1.44. The lowest BCUT2D eigenvalue weighted by molar-refractivity contribution is -0.135. The minimum absolute atomic E-state index is 0.0291. The van der Waals surface area contributed by atoms with Crippen molar-refractivity contribution in [1.82, 2.24) is 4.98 Å². The van der Waals surface area contributed by atoms with Gasteiger partial charge in [0, 0.05) is 18.1 Å². The van der Waals surface area contributed by atoms with Crippen LogP contribution in [0.25, 0.3) is 0 Å². The number of nitrogens with zero attached hydrogens (tertiary/aromatic N) is 2. The van der Waals surface area contributed by atoms with Crippen LogP contribution in [0.4, 0.5) is 5.13 Å². The van der Waals surface area contributed by atoms with E-state index in [0.717, 1.165) is 18.1 Å². The monoisotopic (exact) mass is 200 g/mol. The molecule has 0 aliphatic heterocycles. The van der Waals surface area contributed by atoms with Crippen LogP contribution in [-0.4, -0.2) is 29.1 Å². The molecule has 0 saturated heterocycles. The molecule has 1 aromatic heterocycles. The summed E-state index contributed by atoms with van der Waals surface area (Å²) in [5.74, 6) is -0.816. The first-order chi connectivity index (χ1) is 6.24. The van der Waals surface area contributed by atoms with E-state index in [2.05, 4.69) is 4.98 Å². The fraction of sp³-hybridized carbons (Fsp3) is 0.500. The Balaban J connectivity index is 2.62. The molecule has 13 heavy (non-hydrogen) atoms. The molecular formula is C8H12N2O2S. The van der Waals surface area contributed by atoms with Crippen LogP contribution in [-0.2, 0) is 4.79 Å². The second kappa shape index (κ2) is 4.81. The highest BCUT2D eigenvalue weighted by Crippen LogP contribution is 2.16.